The SMILES string of the molecule is CCN(CCCCNC(=O)CCC(=O)O)c1ccc2c(=O)[nH][nH]c(=O)c2c1. The smallest absolute Gasteiger partial charge is 0.303 e. The Morgan fingerprint density at radius 2 is 1.78 bits per heavy atom. The Hall–Kier alpha value is -3.10. The number of rotatable bonds is 10. The summed E-state index contributed by atoms with van der Waals surface area (Å²) in [6, 6.07) is 5.17. The summed E-state index contributed by atoms with van der Waals surface area (Å²) in [7, 11) is 0. The van der Waals surface area contributed by atoms with Gasteiger partial charge in [0.15, 0.2) is 0 Å². The normalized spacial score (nSPS) is 10.7. The number of fused-ring (bicyclic) bond motifs is 1. The summed E-state index contributed by atoms with van der Waals surface area (Å²) in [6.07, 6.45) is 1.39. The van der Waals surface area contributed by atoms with Crippen LogP contribution in [-0.2, 0) is 9.59 Å². The van der Waals surface area contributed by atoms with Gasteiger partial charge >= 0.3 is 5.97 Å². The topological polar surface area (TPSA) is 135 Å². The lowest BCUT2D eigenvalue weighted by Gasteiger charge is -2.23. The number of benzene rings is 1. The average molecular weight is 376 g/mol. The number of unbranched alkanes of at least 4 members (excludes halogenated alkanes) is 1. The molecular weight excluding hydrogens is 352 g/mol. The molecule has 9 heteroatoms. The summed E-state index contributed by atoms with van der Waals surface area (Å²) in [5.74, 6) is -1.25. The van der Waals surface area contributed by atoms with Gasteiger partial charge in [-0.15, -0.1) is 0 Å². The number of carbonyl (C=O) groups is 2. The van der Waals surface area contributed by atoms with Crippen molar-refractivity contribution in [1.29, 1.82) is 0 Å². The van der Waals surface area contributed by atoms with Crippen LogP contribution in [0.25, 0.3) is 10.8 Å². The van der Waals surface area contributed by atoms with Gasteiger partial charge in [0.2, 0.25) is 5.91 Å². The molecule has 1 heterocycles. The maximum absolute atomic E-state index is 11.9. The Morgan fingerprint density at radius 1 is 1.07 bits per heavy atom. The Labute approximate surface area is 155 Å². The van der Waals surface area contributed by atoms with E-state index in [-0.39, 0.29) is 29.9 Å². The first-order valence-electron chi connectivity index (χ1n) is 8.90. The third-order valence-electron chi connectivity index (χ3n) is 4.27. The number of hydrogen-bond acceptors (Lipinski definition) is 5. The van der Waals surface area contributed by atoms with Gasteiger partial charge in [0, 0.05) is 31.7 Å². The minimum Gasteiger partial charge on any atom is -0.481 e. The van der Waals surface area contributed by atoms with Crippen LogP contribution in [0.3, 0.4) is 0 Å². The van der Waals surface area contributed by atoms with E-state index in [0.29, 0.717) is 17.3 Å². The molecule has 0 aliphatic carbocycles. The number of aliphatic carboxylic acids is 1. The fourth-order valence-electron chi connectivity index (χ4n) is 2.80. The molecular formula is C18H24N4O5. The fourth-order valence-corrected chi connectivity index (χ4v) is 2.80. The zero-order chi connectivity index (χ0) is 19.8. The number of carboxylic acid groups (broad SMARTS) is 1. The molecule has 27 heavy (non-hydrogen) atoms. The molecule has 0 fully saturated rings. The Kier molecular flexibility index (Phi) is 7.16. The van der Waals surface area contributed by atoms with Crippen LogP contribution < -0.4 is 21.3 Å². The van der Waals surface area contributed by atoms with Gasteiger partial charge in [0.1, 0.15) is 0 Å². The van der Waals surface area contributed by atoms with Crippen molar-refractivity contribution in [1.82, 2.24) is 15.5 Å². The van der Waals surface area contributed by atoms with E-state index in [1.165, 1.54) is 0 Å². The van der Waals surface area contributed by atoms with Gasteiger partial charge in [0.05, 0.1) is 17.2 Å². The van der Waals surface area contributed by atoms with Crippen LogP contribution in [0.4, 0.5) is 5.69 Å². The van der Waals surface area contributed by atoms with Crippen molar-refractivity contribution >= 4 is 28.3 Å². The molecule has 1 aromatic heterocycles. The minimum atomic E-state index is -0.986. The molecule has 2 aromatic rings. The van der Waals surface area contributed by atoms with Gasteiger partial charge in [0.25, 0.3) is 11.1 Å². The number of nitrogens with one attached hydrogen (secondary N) is 3. The van der Waals surface area contributed by atoms with E-state index in [2.05, 4.69) is 20.4 Å². The number of amides is 1. The van der Waals surface area contributed by atoms with Crippen LogP contribution in [0, 0.1) is 0 Å². The zero-order valence-corrected chi connectivity index (χ0v) is 15.2. The summed E-state index contributed by atoms with van der Waals surface area (Å²) < 4.78 is 0. The van der Waals surface area contributed by atoms with Gasteiger partial charge < -0.3 is 15.3 Å². The second-order valence-corrected chi connectivity index (χ2v) is 6.17. The maximum atomic E-state index is 11.9. The van der Waals surface area contributed by atoms with E-state index < -0.39 is 5.97 Å². The van der Waals surface area contributed by atoms with Crippen molar-refractivity contribution in [3.63, 3.8) is 0 Å². The molecule has 9 nitrogen and oxygen atoms in total. The second kappa shape index (κ2) is 9.56. The summed E-state index contributed by atoms with van der Waals surface area (Å²) in [4.78, 5) is 47.7. The summed E-state index contributed by atoms with van der Waals surface area (Å²) in [5, 5.41) is 16.6. The van der Waals surface area contributed by atoms with Gasteiger partial charge in [-0.2, -0.15) is 0 Å². The van der Waals surface area contributed by atoms with Crippen LogP contribution in [0.5, 0.6) is 0 Å². The maximum Gasteiger partial charge on any atom is 0.303 e. The average Bonchev–Trinajstić information content (AvgIpc) is 2.65. The molecule has 0 saturated carbocycles. The van der Waals surface area contributed by atoms with E-state index >= 15 is 0 Å². The summed E-state index contributed by atoms with van der Waals surface area (Å²) in [5.41, 5.74) is 0.177. The number of H-pyrrole nitrogens is 2. The first-order chi connectivity index (χ1) is 12.9. The number of carboxylic acids is 1. The van der Waals surface area contributed by atoms with Crippen molar-refractivity contribution in [2.45, 2.75) is 32.6 Å². The highest BCUT2D eigenvalue weighted by molar-refractivity contribution is 5.84. The lowest BCUT2D eigenvalue weighted by atomic mass is 10.1. The molecule has 0 bridgehead atoms. The Bertz CT molecular complexity index is 918. The number of hydrogen-bond donors (Lipinski definition) is 4. The number of aromatic nitrogens is 2. The number of nitrogens with zero attached hydrogens (tertiary/aromatic N) is 1. The molecule has 0 aliphatic heterocycles. The lowest BCUT2D eigenvalue weighted by Crippen LogP contribution is -2.27. The molecule has 0 spiro atoms. The summed E-state index contributed by atoms with van der Waals surface area (Å²) >= 11 is 0. The molecule has 0 radical (unpaired) electrons. The predicted molar refractivity (Wildman–Crippen MR) is 102 cm³/mol. The molecule has 0 unspecified atom stereocenters. The molecule has 146 valence electrons. The number of aromatic amines is 2. The van der Waals surface area contributed by atoms with E-state index in [0.717, 1.165) is 31.6 Å². The molecule has 0 saturated heterocycles. The van der Waals surface area contributed by atoms with E-state index in [1.54, 1.807) is 12.1 Å². The van der Waals surface area contributed by atoms with Gasteiger partial charge in [-0.1, -0.05) is 0 Å². The molecule has 0 atom stereocenters. The number of carbonyl (C=O) groups excluding carboxylic acids is 1. The molecule has 4 N–H and O–H groups in total. The highest BCUT2D eigenvalue weighted by Gasteiger charge is 2.09. The molecule has 1 aromatic carbocycles. The molecule has 2 rings (SSSR count). The predicted octanol–water partition coefficient (Wildman–Crippen LogP) is 0.804. The van der Waals surface area contributed by atoms with Gasteiger partial charge in [-0.25, -0.2) is 0 Å². The first-order valence-corrected chi connectivity index (χ1v) is 8.90. The van der Waals surface area contributed by atoms with Crippen LogP contribution in [0.2, 0.25) is 0 Å². The summed E-state index contributed by atoms with van der Waals surface area (Å²) in [6.45, 7) is 3.95. The highest BCUT2D eigenvalue weighted by Crippen LogP contribution is 2.18. The lowest BCUT2D eigenvalue weighted by molar-refractivity contribution is -0.138. The molecule has 0 aliphatic rings. The standard InChI is InChI=1S/C18H24N4O5/c1-2-22(10-4-3-9-19-15(23)7-8-16(24)25)12-5-6-13-14(11-12)18(27)21-20-17(13)26/h5-6,11H,2-4,7-10H2,1H3,(H,19,23)(H,20,26)(H,21,27)(H,24,25). The van der Waals surface area contributed by atoms with Crippen molar-refractivity contribution in [3.05, 3.63) is 38.9 Å². The van der Waals surface area contributed by atoms with Crippen molar-refractivity contribution in [2.24, 2.45) is 0 Å². The zero-order valence-electron chi connectivity index (χ0n) is 15.2. The van der Waals surface area contributed by atoms with Gasteiger partial charge in [-0.05, 0) is 38.0 Å². The van der Waals surface area contributed by atoms with Crippen molar-refractivity contribution in [2.75, 3.05) is 24.5 Å². The van der Waals surface area contributed by atoms with E-state index in [9.17, 15) is 19.2 Å². The first kappa shape index (κ1) is 20.2. The highest BCUT2D eigenvalue weighted by atomic mass is 16.4. The third kappa shape index (κ3) is 5.70. The van der Waals surface area contributed by atoms with Crippen LogP contribution in [0.15, 0.2) is 27.8 Å². The fraction of sp³-hybridized carbons (Fsp3) is 0.444. The third-order valence-corrected chi connectivity index (χ3v) is 4.27. The van der Waals surface area contributed by atoms with E-state index in [1.807, 2.05) is 13.0 Å². The Balaban J connectivity index is 1.88. The van der Waals surface area contributed by atoms with Gasteiger partial charge in [-0.3, -0.25) is 29.4 Å². The second-order valence-electron chi connectivity index (χ2n) is 6.17. The largest absolute Gasteiger partial charge is 0.481 e. The van der Waals surface area contributed by atoms with Crippen molar-refractivity contribution in [3.8, 4) is 0 Å². The van der Waals surface area contributed by atoms with E-state index in [4.69, 9.17) is 5.11 Å². The molecule has 1 amide bonds. The quantitative estimate of drug-likeness (QED) is 0.453. The number of anilines is 1. The van der Waals surface area contributed by atoms with Crippen molar-refractivity contribution < 1.29 is 14.7 Å². The van der Waals surface area contributed by atoms with Crippen LogP contribution >= 0.6 is 0 Å². The Morgan fingerprint density at radius 3 is 2.44 bits per heavy atom. The monoisotopic (exact) mass is 376 g/mol. The minimum absolute atomic E-state index is 0.0127. The van der Waals surface area contributed by atoms with Crippen LogP contribution in [0.1, 0.15) is 32.6 Å². The van der Waals surface area contributed by atoms with Crippen LogP contribution in [-0.4, -0.2) is 46.8 Å².